The molecule has 0 amide bonds. The van der Waals surface area contributed by atoms with Gasteiger partial charge >= 0.3 is 5.97 Å². The van der Waals surface area contributed by atoms with Crippen LogP contribution in [-0.4, -0.2) is 36.4 Å². The molecule has 1 atom stereocenters. The molecule has 1 N–H and O–H groups in total. The van der Waals surface area contributed by atoms with Crippen LogP contribution >= 0.6 is 0 Å². The summed E-state index contributed by atoms with van der Waals surface area (Å²) >= 11 is 0. The maximum Gasteiger partial charge on any atom is 0.322 e. The fourth-order valence-corrected chi connectivity index (χ4v) is 4.35. The molecule has 0 spiro atoms. The molecule has 1 aromatic carbocycles. The second-order valence-electron chi connectivity index (χ2n) is 6.74. The summed E-state index contributed by atoms with van der Waals surface area (Å²) in [7, 11) is -3.77. The number of hydrogen-bond donors (Lipinski definition) is 1. The van der Waals surface area contributed by atoms with Gasteiger partial charge in [-0.3, -0.25) is 4.79 Å². The minimum absolute atomic E-state index is 0.0585. The highest BCUT2D eigenvalue weighted by Gasteiger charge is 2.37. The Balaban J connectivity index is 2.35. The van der Waals surface area contributed by atoms with Gasteiger partial charge in [-0.25, -0.2) is 8.42 Å². The summed E-state index contributed by atoms with van der Waals surface area (Å²) in [5.41, 5.74) is 0.983. The van der Waals surface area contributed by atoms with Gasteiger partial charge in [0.05, 0.1) is 4.90 Å². The van der Waals surface area contributed by atoms with Crippen molar-refractivity contribution >= 4 is 16.0 Å². The number of sulfonamides is 1. The van der Waals surface area contributed by atoms with Crippen LogP contribution in [0.15, 0.2) is 29.2 Å². The van der Waals surface area contributed by atoms with Crippen molar-refractivity contribution in [3.63, 3.8) is 0 Å². The maximum absolute atomic E-state index is 12.7. The summed E-state index contributed by atoms with van der Waals surface area (Å²) in [6.45, 7) is 6.44. The van der Waals surface area contributed by atoms with Crippen LogP contribution in [0.3, 0.4) is 0 Å². The number of carboxylic acids is 1. The van der Waals surface area contributed by atoms with Crippen LogP contribution in [0.5, 0.6) is 0 Å². The summed E-state index contributed by atoms with van der Waals surface area (Å²) < 4.78 is 26.6. The fourth-order valence-electron chi connectivity index (χ4n) is 2.70. The van der Waals surface area contributed by atoms with Gasteiger partial charge in [-0.15, -0.1) is 0 Å². The predicted molar refractivity (Wildman–Crippen MR) is 84.3 cm³/mol. The maximum atomic E-state index is 12.7. The lowest BCUT2D eigenvalue weighted by atomic mass is 9.87. The van der Waals surface area contributed by atoms with Crippen molar-refractivity contribution < 1.29 is 18.3 Å². The molecule has 1 heterocycles. The number of piperidine rings is 1. The van der Waals surface area contributed by atoms with E-state index in [9.17, 15) is 18.3 Å². The average Bonchev–Trinajstić information content (AvgIpc) is 2.46. The zero-order chi connectivity index (χ0) is 16.5. The Hall–Kier alpha value is -1.40. The first-order valence-electron chi connectivity index (χ1n) is 7.49. The van der Waals surface area contributed by atoms with Crippen LogP contribution in [-0.2, 0) is 20.2 Å². The SMILES string of the molecule is CC(C)(C)c1ccc(S(=O)(=O)N2CCCC[C@@H]2C(=O)O)cc1. The van der Waals surface area contributed by atoms with Crippen molar-refractivity contribution in [3.8, 4) is 0 Å². The first-order chi connectivity index (χ1) is 10.1. The lowest BCUT2D eigenvalue weighted by molar-refractivity contribution is -0.142. The van der Waals surface area contributed by atoms with Gasteiger partial charge in [0, 0.05) is 6.54 Å². The minimum Gasteiger partial charge on any atom is -0.480 e. The number of benzene rings is 1. The molecule has 0 aliphatic carbocycles. The van der Waals surface area contributed by atoms with E-state index in [-0.39, 0.29) is 16.9 Å². The average molecular weight is 325 g/mol. The largest absolute Gasteiger partial charge is 0.480 e. The van der Waals surface area contributed by atoms with E-state index in [0.717, 1.165) is 16.3 Å². The summed E-state index contributed by atoms with van der Waals surface area (Å²) in [5, 5.41) is 9.26. The second-order valence-corrected chi connectivity index (χ2v) is 8.63. The zero-order valence-corrected chi connectivity index (χ0v) is 14.1. The molecule has 0 aromatic heterocycles. The van der Waals surface area contributed by atoms with Crippen LogP contribution in [0.25, 0.3) is 0 Å². The fraction of sp³-hybridized carbons (Fsp3) is 0.562. The lowest BCUT2D eigenvalue weighted by Gasteiger charge is -2.32. The zero-order valence-electron chi connectivity index (χ0n) is 13.2. The number of hydrogen-bond acceptors (Lipinski definition) is 3. The van der Waals surface area contributed by atoms with E-state index in [2.05, 4.69) is 20.8 Å². The molecular formula is C16H23NO4S. The van der Waals surface area contributed by atoms with Gasteiger partial charge in [0.15, 0.2) is 0 Å². The van der Waals surface area contributed by atoms with Gasteiger partial charge < -0.3 is 5.11 Å². The number of carbonyl (C=O) groups is 1. The van der Waals surface area contributed by atoms with Gasteiger partial charge in [-0.1, -0.05) is 32.9 Å². The van der Waals surface area contributed by atoms with Gasteiger partial charge in [0.25, 0.3) is 0 Å². The highest BCUT2D eigenvalue weighted by Crippen LogP contribution is 2.28. The van der Waals surface area contributed by atoms with E-state index in [0.29, 0.717) is 12.8 Å². The molecule has 22 heavy (non-hydrogen) atoms. The normalized spacial score (nSPS) is 20.8. The van der Waals surface area contributed by atoms with Gasteiger partial charge in [0.1, 0.15) is 6.04 Å². The first-order valence-corrected chi connectivity index (χ1v) is 8.93. The van der Waals surface area contributed by atoms with Crippen LogP contribution < -0.4 is 0 Å². The summed E-state index contributed by atoms with van der Waals surface area (Å²) in [6, 6.07) is 5.78. The Morgan fingerprint density at radius 1 is 1.18 bits per heavy atom. The minimum atomic E-state index is -3.77. The van der Waals surface area contributed by atoms with E-state index >= 15 is 0 Å². The Morgan fingerprint density at radius 2 is 1.77 bits per heavy atom. The topological polar surface area (TPSA) is 74.7 Å². The van der Waals surface area contributed by atoms with Crippen molar-refractivity contribution in [1.29, 1.82) is 0 Å². The summed E-state index contributed by atoms with van der Waals surface area (Å²) in [4.78, 5) is 11.5. The molecule has 1 saturated heterocycles. The summed E-state index contributed by atoms with van der Waals surface area (Å²) in [6.07, 6.45) is 1.81. The highest BCUT2D eigenvalue weighted by molar-refractivity contribution is 7.89. The van der Waals surface area contributed by atoms with Gasteiger partial charge in [0.2, 0.25) is 10.0 Å². The van der Waals surface area contributed by atoms with Gasteiger partial charge in [-0.2, -0.15) is 4.31 Å². The molecule has 1 aliphatic rings. The standard InChI is InChI=1S/C16H23NO4S/c1-16(2,3)12-7-9-13(10-8-12)22(20,21)17-11-5-4-6-14(17)15(18)19/h7-10,14H,4-6,11H2,1-3H3,(H,18,19)/t14-/m1/s1. The van der Waals surface area contributed by atoms with Crippen LogP contribution in [0.2, 0.25) is 0 Å². The molecule has 1 aromatic rings. The number of rotatable bonds is 3. The first kappa shape index (κ1) is 17.0. The van der Waals surface area contributed by atoms with Crippen LogP contribution in [0.4, 0.5) is 0 Å². The molecule has 2 rings (SSSR count). The second kappa shape index (κ2) is 6.01. The lowest BCUT2D eigenvalue weighted by Crippen LogP contribution is -2.47. The third kappa shape index (κ3) is 3.33. The van der Waals surface area contributed by atoms with Crippen molar-refractivity contribution in [2.24, 2.45) is 0 Å². The third-order valence-corrected chi connectivity index (χ3v) is 5.99. The molecule has 0 radical (unpaired) electrons. The van der Waals surface area contributed by atoms with E-state index in [1.54, 1.807) is 24.3 Å². The number of carboxylic acid groups (broad SMARTS) is 1. The molecular weight excluding hydrogens is 302 g/mol. The van der Waals surface area contributed by atoms with Crippen LogP contribution in [0, 0.1) is 0 Å². The molecule has 1 fully saturated rings. The number of nitrogens with zero attached hydrogens (tertiary/aromatic N) is 1. The molecule has 6 heteroatoms. The van der Waals surface area contributed by atoms with E-state index in [1.165, 1.54) is 0 Å². The predicted octanol–water partition coefficient (Wildman–Crippen LogP) is 2.61. The van der Waals surface area contributed by atoms with Crippen LogP contribution in [0.1, 0.15) is 45.6 Å². The number of aliphatic carboxylic acids is 1. The van der Waals surface area contributed by atoms with E-state index < -0.39 is 22.0 Å². The Bertz CT molecular complexity index is 644. The monoisotopic (exact) mass is 325 g/mol. The van der Waals surface area contributed by atoms with Crippen molar-refractivity contribution in [2.45, 2.75) is 56.4 Å². The Kier molecular flexibility index (Phi) is 4.63. The highest BCUT2D eigenvalue weighted by atomic mass is 32.2. The summed E-state index contributed by atoms with van der Waals surface area (Å²) in [5.74, 6) is -1.07. The van der Waals surface area contributed by atoms with Gasteiger partial charge in [-0.05, 0) is 42.4 Å². The molecule has 0 saturated carbocycles. The smallest absolute Gasteiger partial charge is 0.322 e. The van der Waals surface area contributed by atoms with E-state index in [4.69, 9.17) is 0 Å². The quantitative estimate of drug-likeness (QED) is 0.927. The third-order valence-electron chi connectivity index (χ3n) is 4.07. The molecule has 1 aliphatic heterocycles. The Morgan fingerprint density at radius 3 is 2.27 bits per heavy atom. The Labute approximate surface area is 132 Å². The van der Waals surface area contributed by atoms with Crippen molar-refractivity contribution in [1.82, 2.24) is 4.31 Å². The molecule has 122 valence electrons. The molecule has 0 unspecified atom stereocenters. The van der Waals surface area contributed by atoms with Crippen molar-refractivity contribution in [3.05, 3.63) is 29.8 Å². The molecule has 0 bridgehead atoms. The molecule has 5 nitrogen and oxygen atoms in total. The van der Waals surface area contributed by atoms with E-state index in [1.807, 2.05) is 0 Å². The van der Waals surface area contributed by atoms with Crippen molar-refractivity contribution in [2.75, 3.05) is 6.54 Å².